The first-order valence-corrected chi connectivity index (χ1v) is 7.56. The fourth-order valence-electron chi connectivity index (χ4n) is 2.72. The molecule has 1 aromatic carbocycles. The van der Waals surface area contributed by atoms with E-state index in [0.717, 1.165) is 16.8 Å². The molecule has 0 radical (unpaired) electrons. The number of hydrogen-bond acceptors (Lipinski definition) is 4. The SMILES string of the molecule is Cc1cc(CNC(=O)[C@H](C)n2cnnn2)c2[nH]c(C)c(C)c2c1. The zero-order valence-corrected chi connectivity index (χ0v) is 13.7. The smallest absolute Gasteiger partial charge is 0.244 e. The van der Waals surface area contributed by atoms with E-state index in [2.05, 4.69) is 58.7 Å². The number of rotatable bonds is 4. The van der Waals surface area contributed by atoms with E-state index in [0.29, 0.717) is 6.54 Å². The fraction of sp³-hybridized carbons (Fsp3) is 0.375. The number of benzene rings is 1. The molecule has 23 heavy (non-hydrogen) atoms. The van der Waals surface area contributed by atoms with Gasteiger partial charge in [0.1, 0.15) is 12.4 Å². The van der Waals surface area contributed by atoms with Gasteiger partial charge in [-0.05, 0) is 55.3 Å². The number of aromatic nitrogens is 5. The number of carbonyl (C=O) groups is 1. The van der Waals surface area contributed by atoms with Crippen LogP contribution >= 0.6 is 0 Å². The van der Waals surface area contributed by atoms with Crippen LogP contribution in [0.3, 0.4) is 0 Å². The van der Waals surface area contributed by atoms with Crippen LogP contribution in [0.4, 0.5) is 0 Å². The Kier molecular flexibility index (Phi) is 3.85. The van der Waals surface area contributed by atoms with E-state index in [1.165, 1.54) is 27.5 Å². The highest BCUT2D eigenvalue weighted by molar-refractivity contribution is 5.88. The molecular weight excluding hydrogens is 292 g/mol. The Labute approximate surface area is 134 Å². The average Bonchev–Trinajstić information content (AvgIpc) is 3.15. The molecule has 1 atom stereocenters. The van der Waals surface area contributed by atoms with Gasteiger partial charge in [0.25, 0.3) is 0 Å². The van der Waals surface area contributed by atoms with Crippen molar-refractivity contribution in [3.8, 4) is 0 Å². The molecule has 1 amide bonds. The van der Waals surface area contributed by atoms with E-state index < -0.39 is 6.04 Å². The lowest BCUT2D eigenvalue weighted by atomic mass is 10.0. The van der Waals surface area contributed by atoms with Crippen LogP contribution in [0.5, 0.6) is 0 Å². The number of tetrazole rings is 1. The van der Waals surface area contributed by atoms with Crippen LogP contribution in [0.15, 0.2) is 18.5 Å². The highest BCUT2D eigenvalue weighted by Gasteiger charge is 2.16. The third-order valence-electron chi connectivity index (χ3n) is 4.24. The highest BCUT2D eigenvalue weighted by Crippen LogP contribution is 2.26. The first-order chi connectivity index (χ1) is 11.0. The normalized spacial score (nSPS) is 12.5. The quantitative estimate of drug-likeness (QED) is 0.770. The minimum atomic E-state index is -0.447. The Morgan fingerprint density at radius 3 is 2.83 bits per heavy atom. The summed E-state index contributed by atoms with van der Waals surface area (Å²) < 4.78 is 1.43. The number of nitrogens with zero attached hydrogens (tertiary/aromatic N) is 4. The van der Waals surface area contributed by atoms with Crippen molar-refractivity contribution in [2.45, 2.75) is 40.3 Å². The molecule has 0 fully saturated rings. The Morgan fingerprint density at radius 2 is 2.13 bits per heavy atom. The van der Waals surface area contributed by atoms with Gasteiger partial charge in [0.2, 0.25) is 5.91 Å². The average molecular weight is 312 g/mol. The molecule has 2 heterocycles. The van der Waals surface area contributed by atoms with Crippen molar-refractivity contribution in [2.75, 3.05) is 0 Å². The number of carbonyl (C=O) groups excluding carboxylic acids is 1. The monoisotopic (exact) mass is 312 g/mol. The molecule has 0 aliphatic heterocycles. The molecule has 0 saturated carbocycles. The maximum atomic E-state index is 12.3. The van der Waals surface area contributed by atoms with Crippen molar-refractivity contribution in [1.29, 1.82) is 0 Å². The molecule has 7 heteroatoms. The van der Waals surface area contributed by atoms with E-state index in [1.54, 1.807) is 6.92 Å². The standard InChI is InChI=1S/C16H20N6O/c1-9-5-13(15-14(6-9)10(2)11(3)19-15)7-17-16(23)12(4)22-8-18-20-21-22/h5-6,8,12,19H,7H2,1-4H3,(H,17,23)/t12-/m0/s1. The largest absolute Gasteiger partial charge is 0.358 e. The number of amides is 1. The number of fused-ring (bicyclic) bond motifs is 1. The predicted octanol–water partition coefficient (Wildman–Crippen LogP) is 1.96. The summed E-state index contributed by atoms with van der Waals surface area (Å²) >= 11 is 0. The van der Waals surface area contributed by atoms with Gasteiger partial charge >= 0.3 is 0 Å². The number of hydrogen-bond donors (Lipinski definition) is 2. The highest BCUT2D eigenvalue weighted by atomic mass is 16.2. The molecule has 0 spiro atoms. The lowest BCUT2D eigenvalue weighted by molar-refractivity contribution is -0.124. The number of H-pyrrole nitrogens is 1. The van der Waals surface area contributed by atoms with E-state index in [1.807, 2.05) is 0 Å². The minimum absolute atomic E-state index is 0.119. The Morgan fingerprint density at radius 1 is 1.35 bits per heavy atom. The second-order valence-corrected chi connectivity index (χ2v) is 5.91. The molecule has 2 N–H and O–H groups in total. The van der Waals surface area contributed by atoms with Crippen LogP contribution < -0.4 is 5.32 Å². The van der Waals surface area contributed by atoms with Gasteiger partial charge in [0.05, 0.1) is 5.52 Å². The zero-order chi connectivity index (χ0) is 16.6. The van der Waals surface area contributed by atoms with Crippen molar-refractivity contribution >= 4 is 16.8 Å². The van der Waals surface area contributed by atoms with Gasteiger partial charge in [-0.25, -0.2) is 4.68 Å². The van der Waals surface area contributed by atoms with Crippen molar-refractivity contribution in [2.24, 2.45) is 0 Å². The van der Waals surface area contributed by atoms with Crippen molar-refractivity contribution in [3.63, 3.8) is 0 Å². The van der Waals surface area contributed by atoms with Crippen molar-refractivity contribution < 1.29 is 4.79 Å². The van der Waals surface area contributed by atoms with Crippen LogP contribution in [0.1, 0.15) is 35.3 Å². The topological polar surface area (TPSA) is 88.5 Å². The van der Waals surface area contributed by atoms with E-state index >= 15 is 0 Å². The second-order valence-electron chi connectivity index (χ2n) is 5.91. The van der Waals surface area contributed by atoms with Crippen LogP contribution in [0.25, 0.3) is 10.9 Å². The van der Waals surface area contributed by atoms with Gasteiger partial charge in [-0.15, -0.1) is 5.10 Å². The molecular formula is C16H20N6O. The van der Waals surface area contributed by atoms with Gasteiger partial charge in [-0.2, -0.15) is 0 Å². The van der Waals surface area contributed by atoms with Gasteiger partial charge in [0, 0.05) is 17.6 Å². The summed E-state index contributed by atoms with van der Waals surface area (Å²) in [6.45, 7) is 8.46. The van der Waals surface area contributed by atoms with Crippen molar-refractivity contribution in [1.82, 2.24) is 30.5 Å². The fourth-order valence-corrected chi connectivity index (χ4v) is 2.72. The van der Waals surface area contributed by atoms with Gasteiger partial charge in [0.15, 0.2) is 0 Å². The zero-order valence-electron chi connectivity index (χ0n) is 13.7. The van der Waals surface area contributed by atoms with Crippen LogP contribution in [-0.2, 0) is 11.3 Å². The van der Waals surface area contributed by atoms with Crippen LogP contribution in [0, 0.1) is 20.8 Å². The Bertz CT molecular complexity index is 849. The number of nitrogens with one attached hydrogen (secondary N) is 2. The molecule has 3 aromatic rings. The summed E-state index contributed by atoms with van der Waals surface area (Å²) in [5.41, 5.74) is 5.74. The van der Waals surface area contributed by atoms with E-state index in [-0.39, 0.29) is 5.91 Å². The molecule has 0 aliphatic rings. The van der Waals surface area contributed by atoms with Gasteiger partial charge in [-0.1, -0.05) is 11.6 Å². The first-order valence-electron chi connectivity index (χ1n) is 7.56. The second kappa shape index (κ2) is 5.83. The third-order valence-corrected chi connectivity index (χ3v) is 4.24. The van der Waals surface area contributed by atoms with E-state index in [9.17, 15) is 4.79 Å². The third kappa shape index (κ3) is 2.81. The maximum Gasteiger partial charge on any atom is 0.244 e. The maximum absolute atomic E-state index is 12.3. The predicted molar refractivity (Wildman–Crippen MR) is 86.9 cm³/mol. The Hall–Kier alpha value is -2.70. The summed E-state index contributed by atoms with van der Waals surface area (Å²) in [5.74, 6) is -0.119. The first kappa shape index (κ1) is 15.2. The molecule has 0 aliphatic carbocycles. The van der Waals surface area contributed by atoms with Crippen molar-refractivity contribution in [3.05, 3.63) is 40.8 Å². The summed E-state index contributed by atoms with van der Waals surface area (Å²) in [7, 11) is 0. The molecule has 0 saturated heterocycles. The number of aromatic amines is 1. The van der Waals surface area contributed by atoms with Crippen LogP contribution in [0.2, 0.25) is 0 Å². The number of aryl methyl sites for hydroxylation is 3. The minimum Gasteiger partial charge on any atom is -0.358 e. The summed E-state index contributed by atoms with van der Waals surface area (Å²) in [4.78, 5) is 15.7. The molecule has 0 bridgehead atoms. The molecule has 2 aromatic heterocycles. The van der Waals surface area contributed by atoms with Gasteiger partial charge < -0.3 is 10.3 Å². The lowest BCUT2D eigenvalue weighted by Crippen LogP contribution is -2.31. The van der Waals surface area contributed by atoms with E-state index in [4.69, 9.17) is 0 Å². The molecule has 0 unspecified atom stereocenters. The molecule has 3 rings (SSSR count). The lowest BCUT2D eigenvalue weighted by Gasteiger charge is -2.12. The summed E-state index contributed by atoms with van der Waals surface area (Å²) in [5, 5.41) is 15.0. The molecule has 120 valence electrons. The summed E-state index contributed by atoms with van der Waals surface area (Å²) in [6.07, 6.45) is 1.44. The Balaban J connectivity index is 1.82. The summed E-state index contributed by atoms with van der Waals surface area (Å²) in [6, 6.07) is 3.82. The molecule has 7 nitrogen and oxygen atoms in total. The van der Waals surface area contributed by atoms with Gasteiger partial charge in [-0.3, -0.25) is 4.79 Å². The van der Waals surface area contributed by atoms with Crippen LogP contribution in [-0.4, -0.2) is 31.1 Å².